The Bertz CT molecular complexity index is 880. The monoisotopic (exact) mass is 400 g/mol. The van der Waals surface area contributed by atoms with Crippen molar-refractivity contribution in [3.8, 4) is 0 Å². The maximum absolute atomic E-state index is 12.0. The number of hydrogen-bond acceptors (Lipinski definition) is 4. The van der Waals surface area contributed by atoms with Gasteiger partial charge >= 0.3 is 5.97 Å². The van der Waals surface area contributed by atoms with Gasteiger partial charge in [0.15, 0.2) is 0 Å². The van der Waals surface area contributed by atoms with Crippen LogP contribution in [0.25, 0.3) is 0 Å². The Kier molecular flexibility index (Phi) is 6.55. The maximum atomic E-state index is 12.0. The zero-order valence-electron chi connectivity index (χ0n) is 17.2. The number of benzene rings is 2. The van der Waals surface area contributed by atoms with Crippen LogP contribution >= 0.6 is 0 Å². The van der Waals surface area contributed by atoms with E-state index in [9.17, 15) is 4.79 Å². The highest BCUT2D eigenvalue weighted by Crippen LogP contribution is 2.41. The van der Waals surface area contributed by atoms with Crippen molar-refractivity contribution in [3.63, 3.8) is 0 Å². The van der Waals surface area contributed by atoms with E-state index < -0.39 is 0 Å². The molecule has 0 amide bonds. The predicted octanol–water partition coefficient (Wildman–Crippen LogP) is 4.71. The van der Waals surface area contributed by atoms with Crippen molar-refractivity contribution in [2.45, 2.75) is 24.7 Å². The topological polar surface area (TPSA) is 42.4 Å². The largest absolute Gasteiger partial charge is 0.461 e. The van der Waals surface area contributed by atoms with Crippen LogP contribution in [0, 0.1) is 0 Å². The molecule has 0 aliphatic carbocycles. The fourth-order valence-electron chi connectivity index (χ4n) is 4.43. The highest BCUT2D eigenvalue weighted by molar-refractivity contribution is 5.87. The van der Waals surface area contributed by atoms with Crippen molar-refractivity contribution < 1.29 is 9.53 Å². The molecule has 1 fully saturated rings. The molecule has 30 heavy (non-hydrogen) atoms. The molecule has 1 aliphatic rings. The van der Waals surface area contributed by atoms with Gasteiger partial charge in [0.25, 0.3) is 0 Å². The molecule has 3 aromatic rings. The third-order valence-electron chi connectivity index (χ3n) is 6.09. The quantitative estimate of drug-likeness (QED) is 0.425. The molecule has 0 N–H and O–H groups in total. The Morgan fingerprint density at radius 3 is 2.03 bits per heavy atom. The highest BCUT2D eigenvalue weighted by Gasteiger charge is 2.37. The fourth-order valence-corrected chi connectivity index (χ4v) is 4.43. The van der Waals surface area contributed by atoms with Gasteiger partial charge in [0.05, 0.1) is 6.61 Å². The first-order valence-electron chi connectivity index (χ1n) is 10.7. The summed E-state index contributed by atoms with van der Waals surface area (Å²) in [5, 5.41) is 0. The minimum atomic E-state index is -0.346. The molecule has 1 saturated heterocycles. The number of carbonyl (C=O) groups excluding carboxylic acids is 1. The van der Waals surface area contributed by atoms with Crippen LogP contribution in [0.5, 0.6) is 0 Å². The molecule has 2 heterocycles. The first-order valence-corrected chi connectivity index (χ1v) is 10.7. The highest BCUT2D eigenvalue weighted by atomic mass is 16.5. The normalized spacial score (nSPS) is 16.1. The van der Waals surface area contributed by atoms with E-state index in [1.54, 1.807) is 24.4 Å². The van der Waals surface area contributed by atoms with E-state index >= 15 is 0 Å². The Morgan fingerprint density at radius 2 is 1.47 bits per heavy atom. The summed E-state index contributed by atoms with van der Waals surface area (Å²) in [4.78, 5) is 18.5. The lowest BCUT2D eigenvalue weighted by atomic mass is 9.68. The molecule has 0 unspecified atom stereocenters. The number of rotatable bonds is 7. The summed E-state index contributed by atoms with van der Waals surface area (Å²) < 4.78 is 5.37. The molecule has 1 aromatic heterocycles. The van der Waals surface area contributed by atoms with Gasteiger partial charge in [-0.1, -0.05) is 66.7 Å². The Balaban J connectivity index is 1.32. The molecule has 0 bridgehead atoms. The second-order valence-electron chi connectivity index (χ2n) is 7.86. The summed E-state index contributed by atoms with van der Waals surface area (Å²) >= 11 is 0. The molecule has 0 saturated carbocycles. The van der Waals surface area contributed by atoms with Crippen LogP contribution in [0.2, 0.25) is 0 Å². The number of ether oxygens (including phenoxy) is 1. The summed E-state index contributed by atoms with van der Waals surface area (Å²) in [5.74, 6) is -0.346. The molecule has 4 nitrogen and oxygen atoms in total. The number of piperidine rings is 1. The smallest absolute Gasteiger partial charge is 0.356 e. The number of pyridine rings is 1. The van der Waals surface area contributed by atoms with Crippen molar-refractivity contribution in [1.82, 2.24) is 9.88 Å². The van der Waals surface area contributed by atoms with Gasteiger partial charge in [-0.3, -0.25) is 0 Å². The predicted molar refractivity (Wildman–Crippen MR) is 118 cm³/mol. The molecule has 0 spiro atoms. The van der Waals surface area contributed by atoms with Gasteiger partial charge in [0.2, 0.25) is 0 Å². The van der Waals surface area contributed by atoms with Crippen LogP contribution in [0.15, 0.2) is 85.1 Å². The van der Waals surface area contributed by atoms with Crippen molar-refractivity contribution in [2.75, 3.05) is 26.2 Å². The molecule has 154 valence electrons. The third kappa shape index (κ3) is 4.60. The van der Waals surface area contributed by atoms with E-state index in [1.165, 1.54) is 11.1 Å². The second-order valence-corrected chi connectivity index (χ2v) is 7.86. The lowest BCUT2D eigenvalue weighted by Crippen LogP contribution is -2.43. The summed E-state index contributed by atoms with van der Waals surface area (Å²) in [6.45, 7) is 3.44. The van der Waals surface area contributed by atoms with E-state index in [2.05, 4.69) is 70.5 Å². The summed E-state index contributed by atoms with van der Waals surface area (Å²) in [7, 11) is 0. The number of likely N-dealkylation sites (tertiary alicyclic amines) is 1. The first-order chi connectivity index (χ1) is 14.8. The van der Waals surface area contributed by atoms with Crippen LogP contribution in [-0.2, 0) is 10.2 Å². The van der Waals surface area contributed by atoms with Crippen molar-refractivity contribution in [1.29, 1.82) is 0 Å². The number of hydrogen-bond donors (Lipinski definition) is 0. The fraction of sp³-hybridized carbons (Fsp3) is 0.308. The summed E-state index contributed by atoms with van der Waals surface area (Å²) in [6.07, 6.45) is 4.63. The van der Waals surface area contributed by atoms with Gasteiger partial charge in [-0.25, -0.2) is 9.78 Å². The van der Waals surface area contributed by atoms with Crippen LogP contribution in [0.4, 0.5) is 0 Å². The molecule has 4 heteroatoms. The first kappa shape index (κ1) is 20.3. The van der Waals surface area contributed by atoms with E-state index in [0.29, 0.717) is 12.3 Å². The molecular weight excluding hydrogens is 372 g/mol. The number of esters is 1. The Hall–Kier alpha value is -2.98. The van der Waals surface area contributed by atoms with E-state index in [1.807, 2.05) is 0 Å². The van der Waals surface area contributed by atoms with Crippen molar-refractivity contribution >= 4 is 5.97 Å². The molecule has 2 aromatic carbocycles. The molecular formula is C26H28N2O2. The van der Waals surface area contributed by atoms with E-state index in [4.69, 9.17) is 4.74 Å². The molecule has 0 radical (unpaired) electrons. The minimum Gasteiger partial charge on any atom is -0.461 e. The lowest BCUT2D eigenvalue weighted by molar-refractivity contribution is 0.0475. The van der Waals surface area contributed by atoms with Crippen LogP contribution in [-0.4, -0.2) is 42.1 Å². The average molecular weight is 401 g/mol. The van der Waals surface area contributed by atoms with Gasteiger partial charge in [-0.2, -0.15) is 0 Å². The molecule has 0 atom stereocenters. The molecule has 4 rings (SSSR count). The van der Waals surface area contributed by atoms with E-state index in [0.717, 1.165) is 38.9 Å². The van der Waals surface area contributed by atoms with Crippen molar-refractivity contribution in [3.05, 3.63) is 102 Å². The van der Waals surface area contributed by atoms with E-state index in [-0.39, 0.29) is 11.4 Å². The molecule has 1 aliphatic heterocycles. The lowest BCUT2D eigenvalue weighted by Gasteiger charge is -2.43. The zero-order chi connectivity index (χ0) is 20.7. The number of nitrogens with zero attached hydrogens (tertiary/aromatic N) is 2. The van der Waals surface area contributed by atoms with Gasteiger partial charge in [0, 0.05) is 18.2 Å². The van der Waals surface area contributed by atoms with Crippen LogP contribution in [0.1, 0.15) is 40.9 Å². The van der Waals surface area contributed by atoms with Gasteiger partial charge in [-0.15, -0.1) is 0 Å². The third-order valence-corrected chi connectivity index (χ3v) is 6.09. The second kappa shape index (κ2) is 9.68. The Morgan fingerprint density at radius 1 is 0.867 bits per heavy atom. The number of aromatic nitrogens is 1. The van der Waals surface area contributed by atoms with Gasteiger partial charge in [0.1, 0.15) is 5.69 Å². The van der Waals surface area contributed by atoms with Crippen LogP contribution in [0.3, 0.4) is 0 Å². The standard InChI is InChI=1S/C26H28N2O2/c29-25(24-14-7-8-17-27-24)30-21-9-18-28-19-15-26(16-20-28,22-10-3-1-4-11-22)23-12-5-2-6-13-23/h1-8,10-14,17H,9,15-16,18-21H2. The Labute approximate surface area is 178 Å². The minimum absolute atomic E-state index is 0.0739. The van der Waals surface area contributed by atoms with Crippen molar-refractivity contribution in [2.24, 2.45) is 0 Å². The number of carbonyl (C=O) groups is 1. The SMILES string of the molecule is O=C(OCCCN1CCC(c2ccccc2)(c2ccccc2)CC1)c1ccccn1. The average Bonchev–Trinajstić information content (AvgIpc) is 2.84. The zero-order valence-corrected chi connectivity index (χ0v) is 17.2. The van der Waals surface area contributed by atoms with Crippen LogP contribution < -0.4 is 0 Å². The summed E-state index contributed by atoms with van der Waals surface area (Å²) in [5.41, 5.74) is 3.25. The van der Waals surface area contributed by atoms with Gasteiger partial charge in [-0.05, 0) is 55.6 Å². The summed E-state index contributed by atoms with van der Waals surface area (Å²) in [6, 6.07) is 27.1. The maximum Gasteiger partial charge on any atom is 0.356 e. The van der Waals surface area contributed by atoms with Gasteiger partial charge < -0.3 is 9.64 Å².